The Morgan fingerprint density at radius 3 is 3.00 bits per heavy atom. The van der Waals surface area contributed by atoms with Gasteiger partial charge in [0.15, 0.2) is 11.0 Å². The second-order valence-electron chi connectivity index (χ2n) is 3.33. The van der Waals surface area contributed by atoms with Crippen LogP contribution in [-0.2, 0) is 4.74 Å². The lowest BCUT2D eigenvalue weighted by Crippen LogP contribution is -2.44. The number of halogens is 1. The van der Waals surface area contributed by atoms with E-state index >= 15 is 0 Å². The van der Waals surface area contributed by atoms with E-state index < -0.39 is 0 Å². The van der Waals surface area contributed by atoms with E-state index in [9.17, 15) is 0 Å². The number of rotatable bonds is 1. The van der Waals surface area contributed by atoms with Crippen molar-refractivity contribution in [2.24, 2.45) is 0 Å². The molecular formula is C9H12ClN3O. The van der Waals surface area contributed by atoms with Gasteiger partial charge in [0, 0.05) is 6.54 Å². The third-order valence-electron chi connectivity index (χ3n) is 2.28. The van der Waals surface area contributed by atoms with Crippen molar-refractivity contribution in [1.82, 2.24) is 10.2 Å². The molecule has 1 unspecified atom stereocenters. The highest BCUT2D eigenvalue weighted by molar-refractivity contribution is 6.29. The lowest BCUT2D eigenvalue weighted by Gasteiger charge is -2.33. The molecule has 0 aliphatic carbocycles. The van der Waals surface area contributed by atoms with Gasteiger partial charge in [-0.05, 0) is 19.1 Å². The topological polar surface area (TPSA) is 38.2 Å². The number of ether oxygens (including phenoxy) is 1. The van der Waals surface area contributed by atoms with Gasteiger partial charge in [-0.25, -0.2) is 0 Å². The van der Waals surface area contributed by atoms with E-state index in [1.165, 1.54) is 0 Å². The van der Waals surface area contributed by atoms with Crippen molar-refractivity contribution in [1.29, 1.82) is 0 Å². The number of nitrogens with zero attached hydrogens (tertiary/aromatic N) is 3. The number of aromatic nitrogens is 2. The highest BCUT2D eigenvalue weighted by atomic mass is 35.5. The SMILES string of the molecule is CC1COCCN1c1ccc(Cl)nn1. The van der Waals surface area contributed by atoms with Crippen molar-refractivity contribution in [2.75, 3.05) is 24.7 Å². The third kappa shape index (κ3) is 1.96. The summed E-state index contributed by atoms with van der Waals surface area (Å²) in [4.78, 5) is 2.17. The van der Waals surface area contributed by atoms with Crippen molar-refractivity contribution in [3.05, 3.63) is 17.3 Å². The summed E-state index contributed by atoms with van der Waals surface area (Å²) in [6.45, 7) is 4.45. The molecule has 1 atom stereocenters. The fourth-order valence-corrected chi connectivity index (χ4v) is 1.63. The maximum Gasteiger partial charge on any atom is 0.151 e. The van der Waals surface area contributed by atoms with Gasteiger partial charge in [-0.1, -0.05) is 11.6 Å². The summed E-state index contributed by atoms with van der Waals surface area (Å²) < 4.78 is 5.34. The molecule has 0 amide bonds. The molecule has 1 aromatic rings. The molecule has 0 saturated carbocycles. The van der Waals surface area contributed by atoms with Crippen LogP contribution in [0, 0.1) is 0 Å². The van der Waals surface area contributed by atoms with Crippen molar-refractivity contribution in [2.45, 2.75) is 13.0 Å². The maximum absolute atomic E-state index is 5.67. The van der Waals surface area contributed by atoms with E-state index in [0.717, 1.165) is 25.6 Å². The second-order valence-corrected chi connectivity index (χ2v) is 3.72. The van der Waals surface area contributed by atoms with E-state index in [4.69, 9.17) is 16.3 Å². The van der Waals surface area contributed by atoms with Gasteiger partial charge in [0.1, 0.15) is 0 Å². The standard InChI is InChI=1S/C9H12ClN3O/c1-7-6-14-5-4-13(7)9-3-2-8(10)11-12-9/h2-3,7H,4-6H2,1H3. The van der Waals surface area contributed by atoms with Gasteiger partial charge in [-0.15, -0.1) is 10.2 Å². The number of anilines is 1. The minimum Gasteiger partial charge on any atom is -0.377 e. The monoisotopic (exact) mass is 213 g/mol. The first-order valence-electron chi connectivity index (χ1n) is 4.61. The molecule has 0 spiro atoms. The Balaban J connectivity index is 2.16. The summed E-state index contributed by atoms with van der Waals surface area (Å²) in [5.74, 6) is 0.866. The van der Waals surface area contributed by atoms with Crippen LogP contribution in [0.5, 0.6) is 0 Å². The first kappa shape index (κ1) is 9.68. The molecule has 14 heavy (non-hydrogen) atoms. The summed E-state index contributed by atoms with van der Waals surface area (Å²) in [7, 11) is 0. The average molecular weight is 214 g/mol. The summed E-state index contributed by atoms with van der Waals surface area (Å²) in [6, 6.07) is 3.99. The zero-order chi connectivity index (χ0) is 9.97. The molecule has 1 aliphatic heterocycles. The molecule has 4 nitrogen and oxygen atoms in total. The molecule has 76 valence electrons. The van der Waals surface area contributed by atoms with Gasteiger partial charge < -0.3 is 9.64 Å². The zero-order valence-corrected chi connectivity index (χ0v) is 8.74. The summed E-state index contributed by atoms with van der Waals surface area (Å²) >= 11 is 5.67. The van der Waals surface area contributed by atoms with Crippen LogP contribution < -0.4 is 4.90 Å². The zero-order valence-electron chi connectivity index (χ0n) is 7.98. The Bertz CT molecular complexity index is 303. The van der Waals surface area contributed by atoms with Crippen LogP contribution in [-0.4, -0.2) is 36.0 Å². The highest BCUT2D eigenvalue weighted by Crippen LogP contribution is 2.16. The first-order chi connectivity index (χ1) is 6.77. The maximum atomic E-state index is 5.67. The molecule has 1 saturated heterocycles. The van der Waals surface area contributed by atoms with Gasteiger partial charge in [0.2, 0.25) is 0 Å². The van der Waals surface area contributed by atoms with E-state index in [2.05, 4.69) is 22.0 Å². The predicted molar refractivity (Wildman–Crippen MR) is 54.7 cm³/mol. The Labute approximate surface area is 87.8 Å². The predicted octanol–water partition coefficient (Wildman–Crippen LogP) is 1.36. The van der Waals surface area contributed by atoms with Crippen LogP contribution >= 0.6 is 11.6 Å². The Hall–Kier alpha value is -0.870. The summed E-state index contributed by atoms with van der Waals surface area (Å²) in [5, 5.41) is 8.29. The van der Waals surface area contributed by atoms with Crippen molar-refractivity contribution in [3.8, 4) is 0 Å². The van der Waals surface area contributed by atoms with Crippen LogP contribution in [0.2, 0.25) is 5.15 Å². The van der Waals surface area contributed by atoms with Crippen LogP contribution in [0.25, 0.3) is 0 Å². The molecule has 0 radical (unpaired) electrons. The molecule has 1 aliphatic rings. The van der Waals surface area contributed by atoms with Crippen LogP contribution in [0.1, 0.15) is 6.92 Å². The van der Waals surface area contributed by atoms with E-state index in [1.807, 2.05) is 6.07 Å². The van der Waals surface area contributed by atoms with Crippen LogP contribution in [0.4, 0.5) is 5.82 Å². The fraction of sp³-hybridized carbons (Fsp3) is 0.556. The molecule has 2 rings (SSSR count). The molecule has 1 aromatic heterocycles. The minimum absolute atomic E-state index is 0.347. The number of hydrogen-bond donors (Lipinski definition) is 0. The number of hydrogen-bond acceptors (Lipinski definition) is 4. The molecule has 5 heteroatoms. The third-order valence-corrected chi connectivity index (χ3v) is 2.48. The van der Waals surface area contributed by atoms with Crippen molar-refractivity contribution >= 4 is 17.4 Å². The van der Waals surface area contributed by atoms with Gasteiger partial charge >= 0.3 is 0 Å². The second kappa shape index (κ2) is 4.11. The van der Waals surface area contributed by atoms with Gasteiger partial charge in [-0.3, -0.25) is 0 Å². The smallest absolute Gasteiger partial charge is 0.151 e. The van der Waals surface area contributed by atoms with E-state index in [1.54, 1.807) is 6.07 Å². The molecule has 2 heterocycles. The number of morpholine rings is 1. The largest absolute Gasteiger partial charge is 0.377 e. The van der Waals surface area contributed by atoms with Gasteiger partial charge in [-0.2, -0.15) is 0 Å². The Kier molecular flexibility index (Phi) is 2.84. The normalized spacial score (nSPS) is 22.4. The van der Waals surface area contributed by atoms with Gasteiger partial charge in [0.05, 0.1) is 19.3 Å². The Morgan fingerprint density at radius 1 is 1.50 bits per heavy atom. The van der Waals surface area contributed by atoms with Gasteiger partial charge in [0.25, 0.3) is 0 Å². The lowest BCUT2D eigenvalue weighted by molar-refractivity contribution is 0.0984. The van der Waals surface area contributed by atoms with Crippen molar-refractivity contribution in [3.63, 3.8) is 0 Å². The first-order valence-corrected chi connectivity index (χ1v) is 4.99. The molecule has 0 bridgehead atoms. The molecule has 1 fully saturated rings. The fourth-order valence-electron chi connectivity index (χ4n) is 1.53. The van der Waals surface area contributed by atoms with Crippen LogP contribution in [0.15, 0.2) is 12.1 Å². The molecule has 0 aromatic carbocycles. The quantitative estimate of drug-likeness (QED) is 0.706. The lowest BCUT2D eigenvalue weighted by atomic mass is 10.2. The van der Waals surface area contributed by atoms with Crippen molar-refractivity contribution < 1.29 is 4.74 Å². The highest BCUT2D eigenvalue weighted by Gasteiger charge is 2.20. The summed E-state index contributed by atoms with van der Waals surface area (Å²) in [6.07, 6.45) is 0. The van der Waals surface area contributed by atoms with Crippen LogP contribution in [0.3, 0.4) is 0 Å². The van der Waals surface area contributed by atoms with E-state index in [-0.39, 0.29) is 0 Å². The molecular weight excluding hydrogens is 202 g/mol. The average Bonchev–Trinajstić information content (AvgIpc) is 2.20. The minimum atomic E-state index is 0.347. The van der Waals surface area contributed by atoms with E-state index in [0.29, 0.717) is 11.2 Å². The summed E-state index contributed by atoms with van der Waals surface area (Å²) in [5.41, 5.74) is 0. The molecule has 0 N–H and O–H groups in total. The Morgan fingerprint density at radius 2 is 2.36 bits per heavy atom.